The number of non-ortho nitro benzene ring substituents is 1. The lowest BCUT2D eigenvalue weighted by molar-refractivity contribution is -0.384. The van der Waals surface area contributed by atoms with Crippen LogP contribution < -0.4 is 0 Å². The topological polar surface area (TPSA) is 113 Å². The number of amides is 2. The van der Waals surface area contributed by atoms with E-state index in [9.17, 15) is 24.8 Å². The van der Waals surface area contributed by atoms with Crippen LogP contribution in [0.1, 0.15) is 18.4 Å². The molecule has 4 aliphatic rings. The van der Waals surface area contributed by atoms with Gasteiger partial charge in [-0.1, -0.05) is 12.2 Å². The van der Waals surface area contributed by atoms with E-state index in [0.717, 1.165) is 36.2 Å². The normalized spacial score (nSPS) is 30.3. The molecule has 5 rings (SSSR count). The molecule has 1 aromatic rings. The number of imide groups is 1. The second-order valence-corrected chi connectivity index (χ2v) is 6.57. The summed E-state index contributed by atoms with van der Waals surface area (Å²) in [5.74, 6) is -1.49. The van der Waals surface area contributed by atoms with Gasteiger partial charge in [0.15, 0.2) is 0 Å². The minimum Gasteiger partial charge on any atom is -0.507 e. The summed E-state index contributed by atoms with van der Waals surface area (Å²) in [7, 11) is 0. The zero-order valence-electron chi connectivity index (χ0n) is 13.1. The molecule has 0 spiro atoms. The van der Waals surface area contributed by atoms with Gasteiger partial charge in [-0.3, -0.25) is 19.7 Å². The van der Waals surface area contributed by atoms with Gasteiger partial charge in [0.25, 0.3) is 17.5 Å². The minimum absolute atomic E-state index is 0.0675. The van der Waals surface area contributed by atoms with Gasteiger partial charge >= 0.3 is 0 Å². The Morgan fingerprint density at radius 3 is 2.28 bits per heavy atom. The van der Waals surface area contributed by atoms with E-state index in [0.29, 0.717) is 0 Å². The van der Waals surface area contributed by atoms with Gasteiger partial charge < -0.3 is 5.11 Å². The van der Waals surface area contributed by atoms with Crippen molar-refractivity contribution in [1.82, 2.24) is 5.01 Å². The number of nitro benzene ring substituents is 1. The van der Waals surface area contributed by atoms with E-state index in [1.807, 2.05) is 12.2 Å². The van der Waals surface area contributed by atoms with Gasteiger partial charge in [-0.15, -0.1) is 0 Å². The number of nitrogens with zero attached hydrogens (tertiary/aromatic N) is 3. The van der Waals surface area contributed by atoms with Crippen LogP contribution in [-0.4, -0.2) is 33.1 Å². The fraction of sp³-hybridized carbons (Fsp3) is 0.353. The highest BCUT2D eigenvalue weighted by atomic mass is 16.6. The van der Waals surface area contributed by atoms with Crippen molar-refractivity contribution in [2.45, 2.75) is 12.8 Å². The lowest BCUT2D eigenvalue weighted by Crippen LogP contribution is -2.38. The van der Waals surface area contributed by atoms with Gasteiger partial charge in [0, 0.05) is 17.7 Å². The van der Waals surface area contributed by atoms with Crippen molar-refractivity contribution in [3.63, 3.8) is 0 Å². The lowest BCUT2D eigenvalue weighted by atomic mass is 9.63. The minimum atomic E-state index is -0.596. The summed E-state index contributed by atoms with van der Waals surface area (Å²) in [5, 5.41) is 25.4. The molecule has 0 aromatic heterocycles. The molecule has 2 bridgehead atoms. The maximum Gasteiger partial charge on any atom is 0.270 e. The van der Waals surface area contributed by atoms with Gasteiger partial charge in [0.1, 0.15) is 5.75 Å². The quantitative estimate of drug-likeness (QED) is 0.296. The van der Waals surface area contributed by atoms with E-state index in [4.69, 9.17) is 0 Å². The number of phenolic OH excluding ortho intramolecular Hbond substituents is 1. The fourth-order valence-electron chi connectivity index (χ4n) is 4.05. The first-order valence-electron chi connectivity index (χ1n) is 8.05. The molecule has 2 fully saturated rings. The molecule has 1 saturated heterocycles. The number of allylic oxidation sites excluding steroid dienone is 2. The molecule has 1 aromatic carbocycles. The third kappa shape index (κ3) is 2.33. The number of hydrazone groups is 1. The molecule has 128 valence electrons. The number of hydrogen-bond donors (Lipinski definition) is 1. The number of hydrogen-bond acceptors (Lipinski definition) is 6. The number of fused-ring (bicyclic) bond motifs is 1. The largest absolute Gasteiger partial charge is 0.507 e. The number of rotatable bonds is 3. The van der Waals surface area contributed by atoms with Crippen LogP contribution in [0, 0.1) is 33.8 Å². The second-order valence-electron chi connectivity index (χ2n) is 6.57. The molecule has 1 saturated carbocycles. The molecular weight excluding hydrogens is 326 g/mol. The van der Waals surface area contributed by atoms with Gasteiger partial charge in [-0.2, -0.15) is 10.1 Å². The number of carbonyl (C=O) groups is 2. The van der Waals surface area contributed by atoms with E-state index in [1.54, 1.807) is 0 Å². The van der Waals surface area contributed by atoms with Crippen molar-refractivity contribution in [2.24, 2.45) is 28.8 Å². The summed E-state index contributed by atoms with van der Waals surface area (Å²) in [6.45, 7) is 0. The maximum atomic E-state index is 12.6. The third-order valence-electron chi connectivity index (χ3n) is 5.27. The van der Waals surface area contributed by atoms with Crippen LogP contribution >= 0.6 is 0 Å². The molecule has 4 atom stereocenters. The summed E-state index contributed by atoms with van der Waals surface area (Å²) < 4.78 is 0. The lowest BCUT2D eigenvalue weighted by Gasteiger charge is -2.37. The monoisotopic (exact) mass is 341 g/mol. The van der Waals surface area contributed by atoms with E-state index < -0.39 is 4.92 Å². The zero-order chi connectivity index (χ0) is 17.7. The molecule has 8 heteroatoms. The smallest absolute Gasteiger partial charge is 0.270 e. The Hall–Kier alpha value is -3.03. The van der Waals surface area contributed by atoms with E-state index >= 15 is 0 Å². The number of benzene rings is 1. The van der Waals surface area contributed by atoms with Crippen molar-refractivity contribution in [3.05, 3.63) is 46.0 Å². The molecule has 0 radical (unpaired) electrons. The molecule has 2 amide bonds. The van der Waals surface area contributed by atoms with Crippen molar-refractivity contribution >= 4 is 23.7 Å². The first-order chi connectivity index (χ1) is 12.0. The summed E-state index contributed by atoms with van der Waals surface area (Å²) in [6, 6.07) is 3.48. The Balaban J connectivity index is 1.63. The SMILES string of the molecule is O=C1[C@H]2[C@H](C(=O)N1/N=C\c1cc([N+](=O)[O-])ccc1O)[C@@H]1C=C[C@@H]2CC1. The van der Waals surface area contributed by atoms with Crippen LogP contribution in [0.4, 0.5) is 5.69 Å². The fourth-order valence-corrected chi connectivity index (χ4v) is 4.05. The van der Waals surface area contributed by atoms with Crippen LogP contribution in [0.25, 0.3) is 0 Å². The van der Waals surface area contributed by atoms with Crippen molar-refractivity contribution in [2.75, 3.05) is 0 Å². The molecule has 8 nitrogen and oxygen atoms in total. The van der Waals surface area contributed by atoms with Gasteiger partial charge in [-0.25, -0.2) is 0 Å². The van der Waals surface area contributed by atoms with Crippen LogP contribution in [0.15, 0.2) is 35.5 Å². The summed E-state index contributed by atoms with van der Waals surface area (Å²) in [6.07, 6.45) is 6.93. The molecule has 25 heavy (non-hydrogen) atoms. The van der Waals surface area contributed by atoms with Crippen LogP contribution in [-0.2, 0) is 9.59 Å². The Morgan fingerprint density at radius 2 is 1.76 bits per heavy atom. The molecule has 1 N–H and O–H groups in total. The van der Waals surface area contributed by atoms with E-state index in [1.165, 1.54) is 6.07 Å². The van der Waals surface area contributed by atoms with E-state index in [-0.39, 0.29) is 52.5 Å². The number of nitro groups is 1. The Kier molecular flexibility index (Phi) is 3.41. The Labute approximate surface area is 142 Å². The first kappa shape index (κ1) is 15.5. The summed E-state index contributed by atoms with van der Waals surface area (Å²) in [5.41, 5.74) is -0.139. The molecule has 1 aliphatic heterocycles. The summed E-state index contributed by atoms with van der Waals surface area (Å²) >= 11 is 0. The number of carbonyl (C=O) groups excluding carboxylic acids is 2. The first-order valence-corrected chi connectivity index (χ1v) is 8.05. The second kappa shape index (κ2) is 5.51. The average molecular weight is 341 g/mol. The number of aromatic hydroxyl groups is 1. The van der Waals surface area contributed by atoms with Crippen molar-refractivity contribution in [1.29, 1.82) is 0 Å². The average Bonchev–Trinajstić information content (AvgIpc) is 2.88. The van der Waals surface area contributed by atoms with Crippen molar-refractivity contribution in [3.8, 4) is 5.75 Å². The zero-order valence-corrected chi connectivity index (χ0v) is 13.1. The van der Waals surface area contributed by atoms with Gasteiger partial charge in [0.2, 0.25) is 0 Å². The highest BCUT2D eigenvalue weighted by Crippen LogP contribution is 2.49. The van der Waals surface area contributed by atoms with Gasteiger partial charge in [0.05, 0.1) is 23.0 Å². The molecule has 0 unspecified atom stereocenters. The molecule has 3 aliphatic carbocycles. The predicted octanol–water partition coefficient (Wildman–Crippen LogP) is 1.83. The van der Waals surface area contributed by atoms with Gasteiger partial charge in [-0.05, 0) is 30.7 Å². The Bertz CT molecular complexity index is 815. The van der Waals surface area contributed by atoms with Crippen LogP contribution in [0.3, 0.4) is 0 Å². The third-order valence-corrected chi connectivity index (χ3v) is 5.27. The highest BCUT2D eigenvalue weighted by molar-refractivity contribution is 6.06. The van der Waals surface area contributed by atoms with Crippen molar-refractivity contribution < 1.29 is 19.6 Å². The highest BCUT2D eigenvalue weighted by Gasteiger charge is 2.56. The van der Waals surface area contributed by atoms with Crippen LogP contribution in [0.2, 0.25) is 0 Å². The molecule has 1 heterocycles. The van der Waals surface area contributed by atoms with E-state index in [2.05, 4.69) is 5.10 Å². The summed E-state index contributed by atoms with van der Waals surface area (Å²) in [4.78, 5) is 35.5. The predicted molar refractivity (Wildman–Crippen MR) is 86.5 cm³/mol. The maximum absolute atomic E-state index is 12.6. The molecular formula is C17H15N3O5. The standard InChI is InChI=1S/C17H15N3O5/c21-13-6-5-12(20(24)25)7-11(13)8-18-19-16(22)14-9-1-2-10(4-3-9)15(14)17(19)23/h1-2,5-10,14-15,21H,3-4H2/b18-8-/t9-,10-,14-,15-/m1/s1. The van der Waals surface area contributed by atoms with Crippen LogP contribution in [0.5, 0.6) is 5.75 Å². The number of phenols is 1. The Morgan fingerprint density at radius 1 is 1.16 bits per heavy atom.